The monoisotopic (exact) mass is 323 g/mol. The number of rotatable bonds is 4. The molecule has 5 rings (SSSR count). The molecule has 1 aromatic rings. The van der Waals surface area contributed by atoms with Crippen LogP contribution >= 0.6 is 0 Å². The Kier molecular flexibility index (Phi) is 3.82. The molecule has 0 aliphatic heterocycles. The van der Waals surface area contributed by atoms with Gasteiger partial charge in [-0.25, -0.2) is 0 Å². The Balaban J connectivity index is 1.48. The van der Waals surface area contributed by atoms with Crippen molar-refractivity contribution in [1.82, 2.24) is 5.32 Å². The van der Waals surface area contributed by atoms with Crippen LogP contribution < -0.4 is 5.32 Å². The molecule has 24 heavy (non-hydrogen) atoms. The van der Waals surface area contributed by atoms with E-state index in [9.17, 15) is 9.59 Å². The van der Waals surface area contributed by atoms with Crippen LogP contribution in [0.1, 0.15) is 54.4 Å². The molecular weight excluding hydrogens is 298 g/mol. The second-order valence-corrected chi connectivity index (χ2v) is 8.10. The lowest BCUT2D eigenvalue weighted by atomic mass is 9.48. The van der Waals surface area contributed by atoms with Crippen LogP contribution in [0.5, 0.6) is 0 Å². The van der Waals surface area contributed by atoms with Crippen LogP contribution in [0.2, 0.25) is 0 Å². The molecule has 126 valence electrons. The summed E-state index contributed by atoms with van der Waals surface area (Å²) in [5.74, 6) is 2.62. The fourth-order valence-electron chi connectivity index (χ4n) is 5.65. The van der Waals surface area contributed by atoms with Gasteiger partial charge in [0, 0.05) is 18.0 Å². The van der Waals surface area contributed by atoms with Gasteiger partial charge in [-0.2, -0.15) is 0 Å². The zero-order chi connectivity index (χ0) is 16.7. The highest BCUT2D eigenvalue weighted by molar-refractivity contribution is 5.98. The minimum Gasteiger partial charge on any atom is -0.355 e. The van der Waals surface area contributed by atoms with E-state index in [1.165, 1.54) is 19.3 Å². The third-order valence-electron chi connectivity index (χ3n) is 6.39. The smallest absolute Gasteiger partial charge is 0.251 e. The SMILES string of the molecule is CNC(=O)c1ccc(C=CC(=O)C23CC4CC(CC(C4)C2)C3)cc1. The molecule has 0 atom stereocenters. The van der Waals surface area contributed by atoms with Gasteiger partial charge in [0.25, 0.3) is 5.91 Å². The van der Waals surface area contributed by atoms with E-state index in [2.05, 4.69) is 5.32 Å². The molecule has 4 aliphatic rings. The average molecular weight is 323 g/mol. The number of carbonyl (C=O) groups excluding carboxylic acids is 2. The Morgan fingerprint density at radius 1 is 1.00 bits per heavy atom. The third kappa shape index (κ3) is 2.70. The highest BCUT2D eigenvalue weighted by Crippen LogP contribution is 2.60. The van der Waals surface area contributed by atoms with Crippen molar-refractivity contribution in [1.29, 1.82) is 0 Å². The first kappa shape index (κ1) is 15.6. The second kappa shape index (κ2) is 5.87. The molecule has 1 aromatic carbocycles. The summed E-state index contributed by atoms with van der Waals surface area (Å²) in [5.41, 5.74) is 1.55. The highest BCUT2D eigenvalue weighted by atomic mass is 16.1. The van der Waals surface area contributed by atoms with E-state index in [0.29, 0.717) is 11.3 Å². The third-order valence-corrected chi connectivity index (χ3v) is 6.39. The van der Waals surface area contributed by atoms with Gasteiger partial charge in [-0.1, -0.05) is 18.2 Å². The van der Waals surface area contributed by atoms with E-state index >= 15 is 0 Å². The summed E-state index contributed by atoms with van der Waals surface area (Å²) in [6.07, 6.45) is 11.1. The maximum atomic E-state index is 12.9. The van der Waals surface area contributed by atoms with Crippen molar-refractivity contribution in [2.45, 2.75) is 38.5 Å². The number of nitrogens with one attached hydrogen (secondary N) is 1. The van der Waals surface area contributed by atoms with Gasteiger partial charge in [0.1, 0.15) is 0 Å². The molecule has 1 N–H and O–H groups in total. The van der Waals surface area contributed by atoms with Crippen LogP contribution in [0.4, 0.5) is 0 Å². The molecule has 4 saturated carbocycles. The largest absolute Gasteiger partial charge is 0.355 e. The number of hydrogen-bond donors (Lipinski definition) is 1. The molecule has 0 spiro atoms. The normalized spacial score (nSPS) is 33.8. The average Bonchev–Trinajstić information content (AvgIpc) is 2.58. The van der Waals surface area contributed by atoms with E-state index in [4.69, 9.17) is 0 Å². The standard InChI is InChI=1S/C21H25NO2/c1-22-20(24)18-5-2-14(3-6-18)4-7-19(23)21-11-15-8-16(12-21)10-17(9-15)13-21/h2-7,15-17H,8-13H2,1H3,(H,22,24). The van der Waals surface area contributed by atoms with Crippen molar-refractivity contribution in [2.75, 3.05) is 7.05 Å². The van der Waals surface area contributed by atoms with Crippen molar-refractivity contribution in [3.05, 3.63) is 41.5 Å². The molecule has 4 bridgehead atoms. The first-order valence-electron chi connectivity index (χ1n) is 9.13. The summed E-state index contributed by atoms with van der Waals surface area (Å²) < 4.78 is 0. The Hall–Kier alpha value is -1.90. The number of benzene rings is 1. The number of allylic oxidation sites excluding steroid dienone is 1. The van der Waals surface area contributed by atoms with Crippen LogP contribution in [0, 0.1) is 23.2 Å². The molecule has 3 heteroatoms. The van der Waals surface area contributed by atoms with Gasteiger partial charge in [0.2, 0.25) is 0 Å². The van der Waals surface area contributed by atoms with Crippen molar-refractivity contribution < 1.29 is 9.59 Å². The summed E-state index contributed by atoms with van der Waals surface area (Å²) in [6.45, 7) is 0. The van der Waals surface area contributed by atoms with Gasteiger partial charge >= 0.3 is 0 Å². The molecule has 4 aliphatic carbocycles. The van der Waals surface area contributed by atoms with Crippen LogP contribution in [0.3, 0.4) is 0 Å². The van der Waals surface area contributed by atoms with Crippen LogP contribution in [-0.2, 0) is 4.79 Å². The van der Waals surface area contributed by atoms with E-state index in [0.717, 1.165) is 42.6 Å². The van der Waals surface area contributed by atoms with Crippen molar-refractivity contribution in [2.24, 2.45) is 23.2 Å². The van der Waals surface area contributed by atoms with E-state index in [1.807, 2.05) is 18.2 Å². The Morgan fingerprint density at radius 2 is 1.54 bits per heavy atom. The predicted octanol–water partition coefficient (Wildman–Crippen LogP) is 3.84. The molecule has 1 amide bonds. The minimum absolute atomic E-state index is 0.0622. The highest BCUT2D eigenvalue weighted by Gasteiger charge is 2.53. The molecule has 0 saturated heterocycles. The molecule has 0 aromatic heterocycles. The van der Waals surface area contributed by atoms with Crippen molar-refractivity contribution in [3.63, 3.8) is 0 Å². The molecule has 4 fully saturated rings. The maximum Gasteiger partial charge on any atom is 0.251 e. The van der Waals surface area contributed by atoms with E-state index < -0.39 is 0 Å². The van der Waals surface area contributed by atoms with Crippen LogP contribution in [0.15, 0.2) is 30.3 Å². The first-order chi connectivity index (χ1) is 11.6. The van der Waals surface area contributed by atoms with E-state index in [1.54, 1.807) is 25.3 Å². The molecular formula is C21H25NO2. The predicted molar refractivity (Wildman–Crippen MR) is 94.5 cm³/mol. The topological polar surface area (TPSA) is 46.2 Å². The van der Waals surface area contributed by atoms with Crippen LogP contribution in [-0.4, -0.2) is 18.7 Å². The second-order valence-electron chi connectivity index (χ2n) is 8.10. The lowest BCUT2D eigenvalue weighted by molar-refractivity contribution is -0.138. The molecule has 0 heterocycles. The fraction of sp³-hybridized carbons (Fsp3) is 0.524. The summed E-state index contributed by atoms with van der Waals surface area (Å²) in [6, 6.07) is 7.39. The summed E-state index contributed by atoms with van der Waals surface area (Å²) in [7, 11) is 1.63. The van der Waals surface area contributed by atoms with Gasteiger partial charge in [0.15, 0.2) is 5.78 Å². The summed E-state index contributed by atoms with van der Waals surface area (Å²) in [4.78, 5) is 24.5. The number of amides is 1. The van der Waals surface area contributed by atoms with Gasteiger partial charge in [-0.15, -0.1) is 0 Å². The molecule has 0 unspecified atom stereocenters. The lowest BCUT2D eigenvalue weighted by Gasteiger charge is -2.55. The van der Waals surface area contributed by atoms with Gasteiger partial charge in [-0.3, -0.25) is 9.59 Å². The minimum atomic E-state index is -0.0878. The lowest BCUT2D eigenvalue weighted by Crippen LogP contribution is -2.49. The Bertz CT molecular complexity index is 651. The zero-order valence-electron chi connectivity index (χ0n) is 14.3. The summed E-state index contributed by atoms with van der Waals surface area (Å²) in [5, 5.41) is 2.61. The number of ketones is 1. The van der Waals surface area contributed by atoms with E-state index in [-0.39, 0.29) is 11.3 Å². The quantitative estimate of drug-likeness (QED) is 0.856. The van der Waals surface area contributed by atoms with Crippen molar-refractivity contribution >= 4 is 17.8 Å². The van der Waals surface area contributed by atoms with Crippen LogP contribution in [0.25, 0.3) is 6.08 Å². The number of carbonyl (C=O) groups is 2. The fourth-order valence-corrected chi connectivity index (χ4v) is 5.65. The zero-order valence-corrected chi connectivity index (χ0v) is 14.3. The number of hydrogen-bond acceptors (Lipinski definition) is 2. The van der Waals surface area contributed by atoms with Gasteiger partial charge in [-0.05, 0) is 80.1 Å². The van der Waals surface area contributed by atoms with Gasteiger partial charge < -0.3 is 5.32 Å². The Labute approximate surface area is 143 Å². The Morgan fingerprint density at radius 3 is 2.04 bits per heavy atom. The maximum absolute atomic E-state index is 12.9. The van der Waals surface area contributed by atoms with Gasteiger partial charge in [0.05, 0.1) is 0 Å². The summed E-state index contributed by atoms with van der Waals surface area (Å²) >= 11 is 0. The first-order valence-corrected chi connectivity index (χ1v) is 9.13. The van der Waals surface area contributed by atoms with Crippen molar-refractivity contribution in [3.8, 4) is 0 Å². The molecule has 3 nitrogen and oxygen atoms in total. The molecule has 0 radical (unpaired) electrons.